The molecule has 0 heterocycles. The molecule has 0 aliphatic carbocycles. The summed E-state index contributed by atoms with van der Waals surface area (Å²) in [5.41, 5.74) is 0. The van der Waals surface area contributed by atoms with E-state index in [1.165, 1.54) is 31.0 Å². The zero-order valence-corrected chi connectivity index (χ0v) is 7.66. The van der Waals surface area contributed by atoms with Crippen LogP contribution < -0.4 is 0 Å². The van der Waals surface area contributed by atoms with Gasteiger partial charge in [-0.15, -0.1) is 0 Å². The van der Waals surface area contributed by atoms with Crippen LogP contribution >= 0.6 is 0 Å². The third-order valence-corrected chi connectivity index (χ3v) is 2.66. The summed E-state index contributed by atoms with van der Waals surface area (Å²) in [5, 5.41) is 1.49. The van der Waals surface area contributed by atoms with Crippen molar-refractivity contribution in [1.29, 1.82) is 0 Å². The van der Waals surface area contributed by atoms with Crippen molar-refractivity contribution in [3.8, 4) is 0 Å². The molecule has 0 nitrogen and oxygen atoms in total. The van der Waals surface area contributed by atoms with Gasteiger partial charge in [0.2, 0.25) is 0 Å². The van der Waals surface area contributed by atoms with E-state index in [1.807, 2.05) is 0 Å². The average Bonchev–Trinajstić information content (AvgIpc) is 1.81. The molecule has 0 bridgehead atoms. The molecule has 1 heteroatoms. The van der Waals surface area contributed by atoms with Gasteiger partial charge in [-0.25, -0.2) is 0 Å². The summed E-state index contributed by atoms with van der Waals surface area (Å²) in [7, 11) is 0. The van der Waals surface area contributed by atoms with Crippen molar-refractivity contribution in [2.24, 2.45) is 0 Å². The van der Waals surface area contributed by atoms with E-state index in [4.69, 9.17) is 0 Å². The van der Waals surface area contributed by atoms with Crippen LogP contribution in [0.5, 0.6) is 0 Å². The average molecular weight is 179 g/mol. The Balaban J connectivity index is 2.53. The first kappa shape index (κ1) is 8.52. The Bertz CT molecular complexity index is 29.4. The summed E-state index contributed by atoms with van der Waals surface area (Å²) in [6.07, 6.45) is 5.75. The van der Waals surface area contributed by atoms with Crippen molar-refractivity contribution in [2.45, 2.75) is 43.7 Å². The molecule has 50 valence electrons. The second-order valence-electron chi connectivity index (χ2n) is 2.05. The van der Waals surface area contributed by atoms with E-state index in [1.54, 1.807) is 0 Å². The van der Waals surface area contributed by atoms with Crippen LogP contribution in [0.25, 0.3) is 0 Å². The molecule has 0 unspecified atom stereocenters. The number of hydrogen-bond donors (Lipinski definition) is 0. The monoisotopic (exact) mass is 180 g/mol. The van der Waals surface area contributed by atoms with Crippen molar-refractivity contribution in [3.63, 3.8) is 0 Å². The third kappa shape index (κ3) is 6.52. The zero-order valence-electron chi connectivity index (χ0n) is 5.94. The molecule has 0 saturated heterocycles. The maximum absolute atomic E-state index is 2.32. The van der Waals surface area contributed by atoms with Crippen molar-refractivity contribution < 1.29 is 0 Å². The number of rotatable bonds is 5. The third-order valence-electron chi connectivity index (χ3n) is 1.20. The predicted molar refractivity (Wildman–Crippen MR) is 40.6 cm³/mol. The van der Waals surface area contributed by atoms with Crippen LogP contribution in [0.4, 0.5) is 0 Å². The molecule has 0 aromatic heterocycles. The summed E-state index contributed by atoms with van der Waals surface area (Å²) in [6.45, 7) is 2.26. The Hall–Kier alpha value is 0.519. The fraction of sp³-hybridized carbons (Fsp3) is 1.00. The second kappa shape index (κ2) is 7.52. The van der Waals surface area contributed by atoms with Crippen LogP contribution in [0, 0.1) is 0 Å². The Morgan fingerprint density at radius 1 is 1.12 bits per heavy atom. The fourth-order valence-corrected chi connectivity index (χ4v) is 1.71. The van der Waals surface area contributed by atoms with Crippen LogP contribution in [-0.4, -0.2) is 15.0 Å². The standard InChI is InChI=1S/C7H16Se/c1-3-4-5-6-7-8-2/h3-7H2,1-2H3. The molecular weight excluding hydrogens is 163 g/mol. The van der Waals surface area contributed by atoms with E-state index in [0.717, 1.165) is 15.0 Å². The fourth-order valence-electron chi connectivity index (χ4n) is 0.673. The molecule has 0 aromatic carbocycles. The van der Waals surface area contributed by atoms with Gasteiger partial charge >= 0.3 is 58.7 Å². The molecule has 0 fully saturated rings. The van der Waals surface area contributed by atoms with E-state index in [2.05, 4.69) is 12.7 Å². The Morgan fingerprint density at radius 3 is 2.38 bits per heavy atom. The van der Waals surface area contributed by atoms with Crippen LogP contribution in [0.1, 0.15) is 32.6 Å². The van der Waals surface area contributed by atoms with E-state index in [9.17, 15) is 0 Å². The quantitative estimate of drug-likeness (QED) is 0.449. The molecule has 0 rings (SSSR count). The Labute approximate surface area is 59.2 Å². The number of hydrogen-bond acceptors (Lipinski definition) is 0. The van der Waals surface area contributed by atoms with E-state index in [0.29, 0.717) is 0 Å². The summed E-state index contributed by atoms with van der Waals surface area (Å²) in [4.78, 5) is 0. The normalized spacial score (nSPS) is 9.75. The predicted octanol–water partition coefficient (Wildman–Crippen LogP) is 2.74. The van der Waals surface area contributed by atoms with Crippen LogP contribution in [0.2, 0.25) is 11.1 Å². The minimum atomic E-state index is 0.924. The molecular formula is C7H16Se. The first-order chi connectivity index (χ1) is 3.91. The molecule has 0 N–H and O–H groups in total. The molecule has 0 radical (unpaired) electrons. The topological polar surface area (TPSA) is 0 Å². The molecule has 0 amide bonds. The van der Waals surface area contributed by atoms with Gasteiger partial charge in [0.25, 0.3) is 0 Å². The van der Waals surface area contributed by atoms with Crippen molar-refractivity contribution in [3.05, 3.63) is 0 Å². The first-order valence-corrected chi connectivity index (χ1v) is 6.33. The van der Waals surface area contributed by atoms with Gasteiger partial charge < -0.3 is 0 Å². The molecule has 0 saturated carbocycles. The molecule has 0 aromatic rings. The number of unbranched alkanes of at least 4 members (excludes halogenated alkanes) is 3. The van der Waals surface area contributed by atoms with Crippen molar-refractivity contribution in [2.75, 3.05) is 0 Å². The van der Waals surface area contributed by atoms with Gasteiger partial charge in [0.05, 0.1) is 0 Å². The van der Waals surface area contributed by atoms with Crippen LogP contribution in [0.15, 0.2) is 0 Å². The minimum absolute atomic E-state index is 0.924. The summed E-state index contributed by atoms with van der Waals surface area (Å²) >= 11 is 0.924. The SMILES string of the molecule is CCCCCC[Se]C. The molecule has 0 aliphatic heterocycles. The van der Waals surface area contributed by atoms with Gasteiger partial charge in [0.15, 0.2) is 0 Å². The molecule has 0 aliphatic rings. The van der Waals surface area contributed by atoms with Crippen LogP contribution in [0.3, 0.4) is 0 Å². The molecule has 0 spiro atoms. The zero-order chi connectivity index (χ0) is 6.24. The Kier molecular flexibility index (Phi) is 8.01. The van der Waals surface area contributed by atoms with Gasteiger partial charge in [-0.3, -0.25) is 0 Å². The van der Waals surface area contributed by atoms with E-state index >= 15 is 0 Å². The Morgan fingerprint density at radius 2 is 1.88 bits per heavy atom. The first-order valence-electron chi connectivity index (χ1n) is 3.40. The van der Waals surface area contributed by atoms with Gasteiger partial charge in [-0.2, -0.15) is 0 Å². The second-order valence-corrected chi connectivity index (χ2v) is 4.12. The maximum atomic E-state index is 2.32. The van der Waals surface area contributed by atoms with Gasteiger partial charge in [-0.05, 0) is 0 Å². The van der Waals surface area contributed by atoms with Gasteiger partial charge in [0, 0.05) is 0 Å². The van der Waals surface area contributed by atoms with Gasteiger partial charge in [0.1, 0.15) is 0 Å². The summed E-state index contributed by atoms with van der Waals surface area (Å²) < 4.78 is 0. The van der Waals surface area contributed by atoms with Crippen molar-refractivity contribution >= 4 is 15.0 Å². The molecule has 0 atom stereocenters. The summed E-state index contributed by atoms with van der Waals surface area (Å²) in [5.74, 6) is 2.32. The van der Waals surface area contributed by atoms with Gasteiger partial charge in [-0.1, -0.05) is 0 Å². The van der Waals surface area contributed by atoms with Crippen LogP contribution in [-0.2, 0) is 0 Å². The molecule has 8 heavy (non-hydrogen) atoms. The van der Waals surface area contributed by atoms with E-state index in [-0.39, 0.29) is 0 Å². The summed E-state index contributed by atoms with van der Waals surface area (Å²) in [6, 6.07) is 0. The van der Waals surface area contributed by atoms with E-state index < -0.39 is 0 Å². The van der Waals surface area contributed by atoms with Crippen molar-refractivity contribution in [1.82, 2.24) is 0 Å².